The molecular formula is C15H33N3O. The fourth-order valence-corrected chi connectivity index (χ4v) is 2.62. The molecule has 1 aliphatic rings. The van der Waals surface area contributed by atoms with Gasteiger partial charge in [0.25, 0.3) is 0 Å². The Bertz CT molecular complexity index is 242. The summed E-state index contributed by atoms with van der Waals surface area (Å²) in [6.07, 6.45) is 0. The van der Waals surface area contributed by atoms with Crippen LogP contribution in [0.3, 0.4) is 0 Å². The van der Waals surface area contributed by atoms with Gasteiger partial charge in [0.15, 0.2) is 0 Å². The van der Waals surface area contributed by atoms with E-state index in [-0.39, 0.29) is 0 Å². The molecule has 1 fully saturated rings. The molecule has 0 saturated carbocycles. The van der Waals surface area contributed by atoms with Crippen molar-refractivity contribution in [3.05, 3.63) is 0 Å². The first-order valence-electron chi connectivity index (χ1n) is 7.56. The monoisotopic (exact) mass is 271 g/mol. The Balaban J connectivity index is 2.45. The van der Waals surface area contributed by atoms with Gasteiger partial charge in [-0.15, -0.1) is 0 Å². The first-order chi connectivity index (χ1) is 8.84. The van der Waals surface area contributed by atoms with Crippen LogP contribution in [0.1, 0.15) is 34.6 Å². The molecular weight excluding hydrogens is 238 g/mol. The van der Waals surface area contributed by atoms with Crippen molar-refractivity contribution in [1.82, 2.24) is 15.1 Å². The maximum Gasteiger partial charge on any atom is 0.0630 e. The fraction of sp³-hybridized carbons (Fsp3) is 1.00. The summed E-state index contributed by atoms with van der Waals surface area (Å²) in [4.78, 5) is 5.14. The van der Waals surface area contributed by atoms with Crippen LogP contribution in [0, 0.1) is 0 Å². The molecule has 1 saturated heterocycles. The van der Waals surface area contributed by atoms with Gasteiger partial charge in [-0.3, -0.25) is 9.80 Å². The van der Waals surface area contributed by atoms with Gasteiger partial charge in [-0.05, 0) is 20.8 Å². The summed E-state index contributed by atoms with van der Waals surface area (Å²) in [5.74, 6) is 0. The van der Waals surface area contributed by atoms with Crippen LogP contribution in [-0.4, -0.2) is 73.9 Å². The van der Waals surface area contributed by atoms with Gasteiger partial charge in [-0.2, -0.15) is 0 Å². The molecule has 0 amide bonds. The van der Waals surface area contributed by atoms with Gasteiger partial charge in [0.2, 0.25) is 0 Å². The summed E-state index contributed by atoms with van der Waals surface area (Å²) in [7, 11) is 1.80. The summed E-state index contributed by atoms with van der Waals surface area (Å²) >= 11 is 0. The number of ether oxygens (including phenoxy) is 1. The average Bonchev–Trinajstić information content (AvgIpc) is 2.33. The Morgan fingerprint density at radius 3 is 2.11 bits per heavy atom. The zero-order valence-electron chi connectivity index (χ0n) is 13.7. The molecule has 4 nitrogen and oxygen atoms in total. The molecule has 1 rings (SSSR count). The number of rotatable bonds is 6. The molecule has 19 heavy (non-hydrogen) atoms. The van der Waals surface area contributed by atoms with Gasteiger partial charge in [0.1, 0.15) is 0 Å². The molecule has 1 atom stereocenters. The highest BCUT2D eigenvalue weighted by Crippen LogP contribution is 2.17. The minimum Gasteiger partial charge on any atom is -0.383 e. The van der Waals surface area contributed by atoms with Crippen LogP contribution < -0.4 is 5.32 Å². The van der Waals surface area contributed by atoms with Crippen LogP contribution in [0.2, 0.25) is 0 Å². The minimum atomic E-state index is 0.291. The number of nitrogens with one attached hydrogen (secondary N) is 1. The molecule has 1 aliphatic heterocycles. The Labute approximate surface area is 119 Å². The van der Waals surface area contributed by atoms with Gasteiger partial charge in [0.05, 0.1) is 6.61 Å². The van der Waals surface area contributed by atoms with E-state index in [1.807, 2.05) is 0 Å². The van der Waals surface area contributed by atoms with E-state index in [0.717, 1.165) is 39.3 Å². The van der Waals surface area contributed by atoms with Crippen molar-refractivity contribution < 1.29 is 4.74 Å². The molecule has 0 aliphatic carbocycles. The van der Waals surface area contributed by atoms with E-state index < -0.39 is 0 Å². The second kappa shape index (κ2) is 7.58. The lowest BCUT2D eigenvalue weighted by Gasteiger charge is -2.44. The SMILES string of the molecule is COCC(CNC(C)C)N1CCN(C(C)(C)C)CC1. The Morgan fingerprint density at radius 1 is 1.11 bits per heavy atom. The Hall–Kier alpha value is -0.160. The lowest BCUT2D eigenvalue weighted by molar-refractivity contribution is 0.0185. The number of piperazine rings is 1. The second-order valence-electron chi connectivity index (χ2n) is 6.87. The van der Waals surface area contributed by atoms with Crippen LogP contribution in [-0.2, 0) is 4.74 Å². The van der Waals surface area contributed by atoms with Crippen LogP contribution in [0.25, 0.3) is 0 Å². The fourth-order valence-electron chi connectivity index (χ4n) is 2.62. The van der Waals surface area contributed by atoms with E-state index in [0.29, 0.717) is 17.6 Å². The third-order valence-electron chi connectivity index (χ3n) is 3.90. The summed E-state index contributed by atoms with van der Waals surface area (Å²) in [6.45, 7) is 17.7. The molecule has 0 radical (unpaired) electrons. The maximum atomic E-state index is 5.39. The van der Waals surface area contributed by atoms with Crippen LogP contribution in [0.15, 0.2) is 0 Å². The molecule has 1 heterocycles. The Kier molecular flexibility index (Phi) is 6.74. The first kappa shape index (κ1) is 16.9. The summed E-state index contributed by atoms with van der Waals surface area (Å²) in [5, 5.41) is 3.53. The summed E-state index contributed by atoms with van der Waals surface area (Å²) < 4.78 is 5.39. The smallest absolute Gasteiger partial charge is 0.0630 e. The van der Waals surface area contributed by atoms with Crippen molar-refractivity contribution in [2.75, 3.05) is 46.4 Å². The average molecular weight is 271 g/mol. The van der Waals surface area contributed by atoms with Crippen molar-refractivity contribution in [3.63, 3.8) is 0 Å². The molecule has 0 spiro atoms. The number of hydrogen-bond donors (Lipinski definition) is 1. The maximum absolute atomic E-state index is 5.39. The highest BCUT2D eigenvalue weighted by Gasteiger charge is 2.28. The molecule has 1 N–H and O–H groups in total. The van der Waals surface area contributed by atoms with E-state index in [4.69, 9.17) is 4.74 Å². The van der Waals surface area contributed by atoms with E-state index in [1.165, 1.54) is 0 Å². The van der Waals surface area contributed by atoms with Gasteiger partial charge < -0.3 is 10.1 Å². The first-order valence-corrected chi connectivity index (χ1v) is 7.56. The lowest BCUT2D eigenvalue weighted by atomic mass is 10.0. The van der Waals surface area contributed by atoms with E-state index >= 15 is 0 Å². The predicted octanol–water partition coefficient (Wildman–Crippen LogP) is 1.42. The summed E-state index contributed by atoms with van der Waals surface area (Å²) in [5.41, 5.74) is 0.291. The quantitative estimate of drug-likeness (QED) is 0.791. The molecule has 0 aromatic heterocycles. The third-order valence-corrected chi connectivity index (χ3v) is 3.90. The number of nitrogens with zero attached hydrogens (tertiary/aromatic N) is 2. The third kappa shape index (κ3) is 5.78. The Morgan fingerprint density at radius 2 is 1.68 bits per heavy atom. The van der Waals surface area contributed by atoms with Crippen molar-refractivity contribution in [1.29, 1.82) is 0 Å². The molecule has 1 unspecified atom stereocenters. The van der Waals surface area contributed by atoms with Crippen molar-refractivity contribution >= 4 is 0 Å². The molecule has 4 heteroatoms. The van der Waals surface area contributed by atoms with Gasteiger partial charge in [-0.25, -0.2) is 0 Å². The molecule has 0 aromatic carbocycles. The zero-order valence-corrected chi connectivity index (χ0v) is 13.7. The largest absolute Gasteiger partial charge is 0.383 e. The minimum absolute atomic E-state index is 0.291. The summed E-state index contributed by atoms with van der Waals surface area (Å²) in [6, 6.07) is 1.03. The standard InChI is InChI=1S/C15H33N3O/c1-13(2)16-11-14(12-19-6)17-7-9-18(10-8-17)15(3,4)5/h13-14,16H,7-12H2,1-6H3. The normalized spacial score (nSPS) is 21.0. The van der Waals surface area contributed by atoms with Crippen molar-refractivity contribution in [3.8, 4) is 0 Å². The topological polar surface area (TPSA) is 27.7 Å². The van der Waals surface area contributed by atoms with Crippen LogP contribution in [0.4, 0.5) is 0 Å². The predicted molar refractivity (Wildman–Crippen MR) is 81.7 cm³/mol. The van der Waals surface area contributed by atoms with E-state index in [2.05, 4.69) is 49.7 Å². The van der Waals surface area contributed by atoms with E-state index in [1.54, 1.807) is 7.11 Å². The van der Waals surface area contributed by atoms with Crippen molar-refractivity contribution in [2.45, 2.75) is 52.2 Å². The van der Waals surface area contributed by atoms with Crippen LogP contribution >= 0.6 is 0 Å². The highest BCUT2D eigenvalue weighted by molar-refractivity contribution is 4.85. The van der Waals surface area contributed by atoms with Crippen LogP contribution in [0.5, 0.6) is 0 Å². The van der Waals surface area contributed by atoms with E-state index in [9.17, 15) is 0 Å². The van der Waals surface area contributed by atoms with Gasteiger partial charge >= 0.3 is 0 Å². The molecule has 0 aromatic rings. The lowest BCUT2D eigenvalue weighted by Crippen LogP contribution is -2.58. The second-order valence-corrected chi connectivity index (χ2v) is 6.87. The van der Waals surface area contributed by atoms with Gasteiger partial charge in [-0.1, -0.05) is 13.8 Å². The van der Waals surface area contributed by atoms with Crippen molar-refractivity contribution in [2.24, 2.45) is 0 Å². The number of hydrogen-bond acceptors (Lipinski definition) is 4. The number of methoxy groups -OCH3 is 1. The van der Waals surface area contributed by atoms with Gasteiger partial charge in [0, 0.05) is 57.5 Å². The molecule has 114 valence electrons. The zero-order chi connectivity index (χ0) is 14.5. The highest BCUT2D eigenvalue weighted by atomic mass is 16.5. The molecule has 0 bridgehead atoms.